The maximum Gasteiger partial charge on any atom is 0.271 e. The summed E-state index contributed by atoms with van der Waals surface area (Å²) < 4.78 is 28.4. The fourth-order valence-corrected chi connectivity index (χ4v) is 3.65. The molecule has 0 aliphatic carbocycles. The summed E-state index contributed by atoms with van der Waals surface area (Å²) in [4.78, 5) is 16.5. The Bertz CT molecular complexity index is 853. The van der Waals surface area contributed by atoms with Gasteiger partial charge >= 0.3 is 0 Å². The number of nitrogens with zero attached hydrogens (tertiary/aromatic N) is 2. The monoisotopic (exact) mass is 324 g/mol. The molecule has 3 aromatic rings. The predicted molar refractivity (Wildman–Crippen MR) is 80.8 cm³/mol. The first-order valence-corrected chi connectivity index (χ1v) is 7.93. The van der Waals surface area contributed by atoms with Gasteiger partial charge in [0.25, 0.3) is 5.56 Å². The van der Waals surface area contributed by atoms with Gasteiger partial charge in [0.2, 0.25) is 0 Å². The molecule has 2 heterocycles. The molecule has 0 radical (unpaired) electrons. The van der Waals surface area contributed by atoms with Crippen molar-refractivity contribution in [2.24, 2.45) is 7.05 Å². The smallest absolute Gasteiger partial charge is 0.271 e. The molecule has 108 valence electrons. The van der Waals surface area contributed by atoms with E-state index < -0.39 is 11.6 Å². The predicted octanol–water partition coefficient (Wildman–Crippen LogP) is 3.57. The fourth-order valence-electron chi connectivity index (χ4n) is 1.94. The standard InChI is InChI=1S/C14H10F2N2OS2/c1-18-13(19)12-11(2-3-20-12)17-14(18)21-7-8-4-9(15)6-10(16)5-8/h2-6H,7H2,1H3. The van der Waals surface area contributed by atoms with E-state index in [2.05, 4.69) is 4.98 Å². The van der Waals surface area contributed by atoms with Crippen molar-refractivity contribution in [2.75, 3.05) is 0 Å². The minimum absolute atomic E-state index is 0.108. The van der Waals surface area contributed by atoms with Crippen LogP contribution in [0.15, 0.2) is 39.6 Å². The van der Waals surface area contributed by atoms with Crippen molar-refractivity contribution < 1.29 is 8.78 Å². The summed E-state index contributed by atoms with van der Waals surface area (Å²) in [5.74, 6) is -0.883. The molecule has 0 unspecified atom stereocenters. The SMILES string of the molecule is Cn1c(SCc2cc(F)cc(F)c2)nc2ccsc2c1=O. The molecule has 0 fully saturated rings. The van der Waals surface area contributed by atoms with Crippen LogP contribution in [0.25, 0.3) is 10.2 Å². The third-order valence-electron chi connectivity index (χ3n) is 2.94. The molecular formula is C14H10F2N2OS2. The Kier molecular flexibility index (Phi) is 3.77. The average molecular weight is 324 g/mol. The lowest BCUT2D eigenvalue weighted by atomic mass is 10.2. The Balaban J connectivity index is 1.91. The number of fused-ring (bicyclic) bond motifs is 1. The van der Waals surface area contributed by atoms with Gasteiger partial charge in [-0.1, -0.05) is 11.8 Å². The van der Waals surface area contributed by atoms with E-state index in [1.165, 1.54) is 39.8 Å². The van der Waals surface area contributed by atoms with E-state index in [0.717, 1.165) is 6.07 Å². The Morgan fingerprint density at radius 2 is 2.00 bits per heavy atom. The Morgan fingerprint density at radius 3 is 2.71 bits per heavy atom. The summed E-state index contributed by atoms with van der Waals surface area (Å²) >= 11 is 2.62. The van der Waals surface area contributed by atoms with E-state index in [1.54, 1.807) is 13.1 Å². The van der Waals surface area contributed by atoms with E-state index in [-0.39, 0.29) is 5.56 Å². The summed E-state index contributed by atoms with van der Waals surface area (Å²) in [5, 5.41) is 2.34. The first kappa shape index (κ1) is 14.2. The van der Waals surface area contributed by atoms with E-state index in [4.69, 9.17) is 0 Å². The molecule has 0 atom stereocenters. The van der Waals surface area contributed by atoms with Crippen molar-refractivity contribution in [1.82, 2.24) is 9.55 Å². The molecule has 1 aromatic carbocycles. The number of hydrogen-bond donors (Lipinski definition) is 0. The molecule has 0 aliphatic rings. The highest BCUT2D eigenvalue weighted by Gasteiger charge is 2.10. The zero-order valence-corrected chi connectivity index (χ0v) is 12.6. The third-order valence-corrected chi connectivity index (χ3v) is 4.93. The molecule has 3 nitrogen and oxygen atoms in total. The minimum atomic E-state index is -0.610. The van der Waals surface area contributed by atoms with Gasteiger partial charge in [0.15, 0.2) is 5.16 Å². The second-order valence-electron chi connectivity index (χ2n) is 4.46. The molecule has 3 rings (SSSR count). The first-order chi connectivity index (χ1) is 10.0. The van der Waals surface area contributed by atoms with Crippen LogP contribution in [-0.4, -0.2) is 9.55 Å². The number of hydrogen-bond acceptors (Lipinski definition) is 4. The number of thioether (sulfide) groups is 1. The normalized spacial score (nSPS) is 11.2. The van der Waals surface area contributed by atoms with Gasteiger partial charge in [-0.2, -0.15) is 0 Å². The van der Waals surface area contributed by atoms with Gasteiger partial charge in [-0.15, -0.1) is 11.3 Å². The van der Waals surface area contributed by atoms with Gasteiger partial charge < -0.3 is 0 Å². The summed E-state index contributed by atoms with van der Waals surface area (Å²) in [6, 6.07) is 5.17. The molecule has 0 spiro atoms. The molecule has 7 heteroatoms. The third kappa shape index (κ3) is 2.84. The minimum Gasteiger partial charge on any atom is -0.290 e. The van der Waals surface area contributed by atoms with Crippen molar-refractivity contribution in [3.8, 4) is 0 Å². The van der Waals surface area contributed by atoms with Crippen LogP contribution < -0.4 is 5.56 Å². The van der Waals surface area contributed by atoms with Crippen LogP contribution in [-0.2, 0) is 12.8 Å². The molecule has 21 heavy (non-hydrogen) atoms. The van der Waals surface area contributed by atoms with Crippen LogP contribution >= 0.6 is 23.1 Å². The van der Waals surface area contributed by atoms with Crippen molar-refractivity contribution >= 4 is 33.3 Å². The lowest BCUT2D eigenvalue weighted by molar-refractivity contribution is 0.581. The molecule has 0 aliphatic heterocycles. The van der Waals surface area contributed by atoms with Crippen LogP contribution in [0.1, 0.15) is 5.56 Å². The van der Waals surface area contributed by atoms with Gasteiger partial charge in [0.05, 0.1) is 5.52 Å². The lowest BCUT2D eigenvalue weighted by Crippen LogP contribution is -2.18. The maximum atomic E-state index is 13.1. The largest absolute Gasteiger partial charge is 0.290 e. The van der Waals surface area contributed by atoms with Crippen LogP contribution in [0.5, 0.6) is 0 Å². The number of rotatable bonds is 3. The topological polar surface area (TPSA) is 34.9 Å². The number of benzene rings is 1. The highest BCUT2D eigenvalue weighted by Crippen LogP contribution is 2.23. The van der Waals surface area contributed by atoms with Crippen LogP contribution in [0.4, 0.5) is 8.78 Å². The highest BCUT2D eigenvalue weighted by molar-refractivity contribution is 7.98. The molecule has 0 saturated heterocycles. The van der Waals surface area contributed by atoms with Gasteiger partial charge in [-0.05, 0) is 29.1 Å². The van der Waals surface area contributed by atoms with Gasteiger partial charge in [-0.25, -0.2) is 13.8 Å². The molecule has 0 N–H and O–H groups in total. The second-order valence-corrected chi connectivity index (χ2v) is 6.32. The van der Waals surface area contributed by atoms with E-state index in [0.29, 0.717) is 26.7 Å². The van der Waals surface area contributed by atoms with Gasteiger partial charge in [-0.3, -0.25) is 9.36 Å². The lowest BCUT2D eigenvalue weighted by Gasteiger charge is -2.07. The zero-order chi connectivity index (χ0) is 15.0. The van der Waals surface area contributed by atoms with Gasteiger partial charge in [0.1, 0.15) is 16.3 Å². The Morgan fingerprint density at radius 1 is 1.29 bits per heavy atom. The zero-order valence-electron chi connectivity index (χ0n) is 11.0. The van der Waals surface area contributed by atoms with Crippen molar-refractivity contribution in [3.63, 3.8) is 0 Å². The molecule has 0 bridgehead atoms. The molecule has 0 saturated carbocycles. The van der Waals surface area contributed by atoms with Crippen molar-refractivity contribution in [2.45, 2.75) is 10.9 Å². The Hall–Kier alpha value is -1.73. The quantitative estimate of drug-likeness (QED) is 0.546. The average Bonchev–Trinajstić information content (AvgIpc) is 2.88. The van der Waals surface area contributed by atoms with Crippen LogP contribution in [0.2, 0.25) is 0 Å². The van der Waals surface area contributed by atoms with Crippen molar-refractivity contribution in [3.05, 3.63) is 57.2 Å². The molecule has 2 aromatic heterocycles. The van der Waals surface area contributed by atoms with E-state index in [9.17, 15) is 13.6 Å². The van der Waals surface area contributed by atoms with E-state index >= 15 is 0 Å². The summed E-state index contributed by atoms with van der Waals surface area (Å²) in [5.41, 5.74) is 1.05. The Labute approximate surface area is 127 Å². The number of thiophene rings is 1. The van der Waals surface area contributed by atoms with E-state index in [1.807, 2.05) is 5.38 Å². The second kappa shape index (κ2) is 5.57. The summed E-state index contributed by atoms with van der Waals surface area (Å²) in [7, 11) is 1.64. The van der Waals surface area contributed by atoms with Crippen molar-refractivity contribution in [1.29, 1.82) is 0 Å². The fraction of sp³-hybridized carbons (Fsp3) is 0.143. The summed E-state index contributed by atoms with van der Waals surface area (Å²) in [6.07, 6.45) is 0. The van der Waals surface area contributed by atoms with Gasteiger partial charge in [0, 0.05) is 18.9 Å². The maximum absolute atomic E-state index is 13.1. The van der Waals surface area contributed by atoms with Crippen LogP contribution in [0.3, 0.4) is 0 Å². The first-order valence-electron chi connectivity index (χ1n) is 6.06. The number of aromatic nitrogens is 2. The molecular weight excluding hydrogens is 314 g/mol. The summed E-state index contributed by atoms with van der Waals surface area (Å²) in [6.45, 7) is 0. The molecule has 0 amide bonds. The van der Waals surface area contributed by atoms with Crippen LogP contribution in [0, 0.1) is 11.6 Å². The highest BCUT2D eigenvalue weighted by atomic mass is 32.2. The number of halogens is 2.